The van der Waals surface area contributed by atoms with Crippen LogP contribution in [0.15, 0.2) is 22.0 Å². The number of nitrogens with two attached hydrogens (primary N) is 1. The summed E-state index contributed by atoms with van der Waals surface area (Å²) in [5.41, 5.74) is 6.57. The van der Waals surface area contributed by atoms with Gasteiger partial charge in [-0.25, -0.2) is 4.98 Å². The summed E-state index contributed by atoms with van der Waals surface area (Å²) in [6.45, 7) is 3.72. The molecule has 0 radical (unpaired) electrons. The first-order valence-corrected chi connectivity index (χ1v) is 8.56. The summed E-state index contributed by atoms with van der Waals surface area (Å²) >= 11 is 11.2. The Morgan fingerprint density at radius 1 is 1.35 bits per heavy atom. The van der Waals surface area contributed by atoms with Gasteiger partial charge in [0.1, 0.15) is 10.7 Å². The maximum absolute atomic E-state index is 11.6. The first-order valence-electron chi connectivity index (χ1n) is 6.58. The molecule has 118 valence electrons. The van der Waals surface area contributed by atoms with Gasteiger partial charge in [-0.3, -0.25) is 4.79 Å². The van der Waals surface area contributed by atoms with Gasteiger partial charge in [-0.2, -0.15) is 4.98 Å². The van der Waals surface area contributed by atoms with E-state index in [1.807, 2.05) is 6.92 Å². The highest BCUT2D eigenvalue weighted by Crippen LogP contribution is 2.41. The Balaban J connectivity index is 2.22. The minimum atomic E-state index is -0.618. The molecule has 0 aliphatic carbocycles. The Bertz CT molecular complexity index is 942. The fourth-order valence-electron chi connectivity index (χ4n) is 2.15. The third-order valence-corrected chi connectivity index (χ3v) is 5.59. The standard InChI is InChI=1S/C15H11BrClN3O2S/c1-6-10-14(19-7(2)20-15(10)23-12(6)16)22-11-8(13(18)21)4-3-5-9(11)17/h3-5H,1-2H3,(H2,18,21). The lowest BCUT2D eigenvalue weighted by atomic mass is 10.2. The Morgan fingerprint density at radius 3 is 2.78 bits per heavy atom. The number of benzene rings is 1. The zero-order valence-corrected chi connectivity index (χ0v) is 15.3. The van der Waals surface area contributed by atoms with Crippen molar-refractivity contribution in [3.63, 3.8) is 0 Å². The summed E-state index contributed by atoms with van der Waals surface area (Å²) in [6, 6.07) is 4.83. The van der Waals surface area contributed by atoms with Gasteiger partial charge in [0.2, 0.25) is 5.88 Å². The summed E-state index contributed by atoms with van der Waals surface area (Å²) in [6.07, 6.45) is 0. The van der Waals surface area contributed by atoms with E-state index in [1.54, 1.807) is 25.1 Å². The molecule has 0 fully saturated rings. The fraction of sp³-hybridized carbons (Fsp3) is 0.133. The lowest BCUT2D eigenvalue weighted by molar-refractivity contribution is 0.0998. The highest BCUT2D eigenvalue weighted by molar-refractivity contribution is 9.11. The van der Waals surface area contributed by atoms with E-state index in [-0.39, 0.29) is 16.3 Å². The molecule has 2 heterocycles. The molecule has 1 aromatic carbocycles. The second kappa shape index (κ2) is 6.07. The molecule has 0 saturated heterocycles. The van der Waals surface area contributed by atoms with E-state index in [4.69, 9.17) is 22.1 Å². The SMILES string of the molecule is Cc1nc(Oc2c(Cl)cccc2C(N)=O)c2c(C)c(Br)sc2n1. The van der Waals surface area contributed by atoms with Gasteiger partial charge in [-0.05, 0) is 47.5 Å². The maximum atomic E-state index is 11.6. The number of aromatic nitrogens is 2. The molecular weight excluding hydrogens is 402 g/mol. The number of nitrogens with zero attached hydrogens (tertiary/aromatic N) is 2. The molecule has 0 saturated carbocycles. The number of hydrogen-bond acceptors (Lipinski definition) is 5. The fourth-order valence-corrected chi connectivity index (χ4v) is 3.97. The summed E-state index contributed by atoms with van der Waals surface area (Å²) in [5.74, 6) is 0.493. The number of carbonyl (C=O) groups is 1. The smallest absolute Gasteiger partial charge is 0.252 e. The van der Waals surface area contributed by atoms with Crippen molar-refractivity contribution in [1.29, 1.82) is 0 Å². The number of fused-ring (bicyclic) bond motifs is 1. The topological polar surface area (TPSA) is 78.1 Å². The van der Waals surface area contributed by atoms with Crippen LogP contribution in [0.25, 0.3) is 10.2 Å². The largest absolute Gasteiger partial charge is 0.436 e. The molecule has 0 atom stereocenters. The van der Waals surface area contributed by atoms with Crippen molar-refractivity contribution in [3.8, 4) is 11.6 Å². The number of hydrogen-bond donors (Lipinski definition) is 1. The first-order chi connectivity index (χ1) is 10.9. The minimum absolute atomic E-state index is 0.197. The zero-order valence-electron chi connectivity index (χ0n) is 12.2. The molecule has 0 aliphatic rings. The van der Waals surface area contributed by atoms with E-state index in [9.17, 15) is 4.79 Å². The lowest BCUT2D eigenvalue weighted by Gasteiger charge is -2.11. The molecule has 8 heteroatoms. The van der Waals surface area contributed by atoms with Crippen LogP contribution in [0.4, 0.5) is 0 Å². The van der Waals surface area contributed by atoms with Crippen LogP contribution in [-0.4, -0.2) is 15.9 Å². The van der Waals surface area contributed by atoms with Gasteiger partial charge in [0.25, 0.3) is 5.91 Å². The third kappa shape index (κ3) is 2.91. The van der Waals surface area contributed by atoms with Gasteiger partial charge in [0.05, 0.1) is 19.8 Å². The van der Waals surface area contributed by atoms with Gasteiger partial charge in [-0.15, -0.1) is 11.3 Å². The van der Waals surface area contributed by atoms with Crippen molar-refractivity contribution in [3.05, 3.63) is 44.0 Å². The molecule has 2 aromatic heterocycles. The number of aryl methyl sites for hydroxylation is 2. The molecule has 23 heavy (non-hydrogen) atoms. The number of rotatable bonds is 3. The number of ether oxygens (including phenoxy) is 1. The highest BCUT2D eigenvalue weighted by atomic mass is 79.9. The van der Waals surface area contributed by atoms with Gasteiger partial charge in [0.15, 0.2) is 5.75 Å². The quantitative estimate of drug-likeness (QED) is 0.681. The van der Waals surface area contributed by atoms with Gasteiger partial charge in [-0.1, -0.05) is 17.7 Å². The molecule has 2 N–H and O–H groups in total. The molecule has 3 aromatic rings. The summed E-state index contributed by atoms with van der Waals surface area (Å²) in [7, 11) is 0. The Labute approximate surface area is 149 Å². The second-order valence-electron chi connectivity index (χ2n) is 4.84. The Kier molecular flexibility index (Phi) is 4.27. The monoisotopic (exact) mass is 411 g/mol. The predicted molar refractivity (Wildman–Crippen MR) is 94.6 cm³/mol. The molecule has 0 bridgehead atoms. The molecule has 0 aliphatic heterocycles. The van der Waals surface area contributed by atoms with Crippen molar-refractivity contribution in [1.82, 2.24) is 9.97 Å². The molecule has 1 amide bonds. The van der Waals surface area contributed by atoms with Crippen LogP contribution in [0.5, 0.6) is 11.6 Å². The molecule has 3 rings (SSSR count). The van der Waals surface area contributed by atoms with Crippen LogP contribution in [0.1, 0.15) is 21.7 Å². The summed E-state index contributed by atoms with van der Waals surface area (Å²) in [4.78, 5) is 21.2. The number of halogens is 2. The van der Waals surface area contributed by atoms with E-state index in [1.165, 1.54) is 11.3 Å². The molecular formula is C15H11BrClN3O2S. The van der Waals surface area contributed by atoms with Gasteiger partial charge < -0.3 is 10.5 Å². The number of amides is 1. The Hall–Kier alpha value is -1.70. The van der Waals surface area contributed by atoms with Crippen molar-refractivity contribution in [2.24, 2.45) is 5.73 Å². The van der Waals surface area contributed by atoms with Crippen molar-refractivity contribution in [2.45, 2.75) is 13.8 Å². The number of primary amides is 1. The van der Waals surface area contributed by atoms with Crippen LogP contribution in [0.3, 0.4) is 0 Å². The second-order valence-corrected chi connectivity index (χ2v) is 7.56. The van der Waals surface area contributed by atoms with E-state index < -0.39 is 5.91 Å². The lowest BCUT2D eigenvalue weighted by Crippen LogP contribution is -2.12. The van der Waals surface area contributed by atoms with Crippen molar-refractivity contribution < 1.29 is 9.53 Å². The van der Waals surface area contributed by atoms with Crippen molar-refractivity contribution >= 4 is 55.0 Å². The number of carbonyl (C=O) groups excluding carboxylic acids is 1. The zero-order chi connectivity index (χ0) is 16.7. The predicted octanol–water partition coefficient (Wildman–Crippen LogP) is 4.62. The summed E-state index contributed by atoms with van der Waals surface area (Å²) < 4.78 is 6.84. The number of thiophene rings is 1. The first kappa shape index (κ1) is 16.2. The third-order valence-electron chi connectivity index (χ3n) is 3.24. The van der Waals surface area contributed by atoms with Crippen LogP contribution < -0.4 is 10.5 Å². The average Bonchev–Trinajstić information content (AvgIpc) is 2.75. The van der Waals surface area contributed by atoms with E-state index in [0.717, 1.165) is 19.6 Å². The van der Waals surface area contributed by atoms with Gasteiger partial charge >= 0.3 is 0 Å². The van der Waals surface area contributed by atoms with Crippen molar-refractivity contribution in [2.75, 3.05) is 0 Å². The van der Waals surface area contributed by atoms with Crippen LogP contribution in [0.2, 0.25) is 5.02 Å². The molecule has 0 spiro atoms. The average molecular weight is 413 g/mol. The van der Waals surface area contributed by atoms with E-state index in [0.29, 0.717) is 11.7 Å². The number of para-hydroxylation sites is 1. The Morgan fingerprint density at radius 2 is 2.09 bits per heavy atom. The van der Waals surface area contributed by atoms with E-state index >= 15 is 0 Å². The van der Waals surface area contributed by atoms with Gasteiger partial charge in [0, 0.05) is 0 Å². The van der Waals surface area contributed by atoms with Crippen LogP contribution in [-0.2, 0) is 0 Å². The van der Waals surface area contributed by atoms with Crippen LogP contribution >= 0.6 is 38.9 Å². The van der Waals surface area contributed by atoms with E-state index in [2.05, 4.69) is 25.9 Å². The van der Waals surface area contributed by atoms with Crippen LogP contribution in [0, 0.1) is 13.8 Å². The summed E-state index contributed by atoms with van der Waals surface area (Å²) in [5, 5.41) is 1.07. The highest BCUT2D eigenvalue weighted by Gasteiger charge is 2.20. The normalized spacial score (nSPS) is 11.0. The molecule has 0 unspecified atom stereocenters. The molecule has 5 nitrogen and oxygen atoms in total. The minimum Gasteiger partial charge on any atom is -0.436 e. The maximum Gasteiger partial charge on any atom is 0.252 e.